The van der Waals surface area contributed by atoms with Gasteiger partial charge in [-0.1, -0.05) is 30.3 Å². The molecule has 1 saturated heterocycles. The molecule has 7 heteroatoms. The Morgan fingerprint density at radius 2 is 2.05 bits per heavy atom. The Hall–Kier alpha value is -1.04. The highest BCUT2D eigenvalue weighted by Gasteiger charge is 2.46. The van der Waals surface area contributed by atoms with E-state index in [1.165, 1.54) is 0 Å². The zero-order valence-electron chi connectivity index (χ0n) is 13.3. The van der Waals surface area contributed by atoms with Crippen molar-refractivity contribution in [3.8, 4) is 0 Å². The summed E-state index contributed by atoms with van der Waals surface area (Å²) in [6.45, 7) is 3.46. The SMILES string of the molecule is [2H]/C(=C\[C@H]1O[C@@H](c2ccccc2)[C@H](F)[C@@H]1OC(C)C)P(=O)(O)O. The van der Waals surface area contributed by atoms with Crippen molar-refractivity contribution in [1.82, 2.24) is 0 Å². The Bertz CT molecular complexity index is 603. The third-order valence-corrected chi connectivity index (χ3v) is 3.68. The number of hydrogen-bond acceptors (Lipinski definition) is 3. The Morgan fingerprint density at radius 1 is 1.41 bits per heavy atom. The van der Waals surface area contributed by atoms with E-state index in [2.05, 4.69) is 0 Å². The van der Waals surface area contributed by atoms with E-state index in [-0.39, 0.29) is 6.10 Å². The molecule has 1 aromatic carbocycles. The van der Waals surface area contributed by atoms with Crippen LogP contribution in [0.25, 0.3) is 0 Å². The van der Waals surface area contributed by atoms with Gasteiger partial charge in [-0.15, -0.1) is 0 Å². The molecule has 122 valence electrons. The van der Waals surface area contributed by atoms with Crippen molar-refractivity contribution in [1.29, 1.82) is 0 Å². The van der Waals surface area contributed by atoms with Gasteiger partial charge in [-0.25, -0.2) is 4.39 Å². The van der Waals surface area contributed by atoms with Crippen molar-refractivity contribution in [2.24, 2.45) is 0 Å². The van der Waals surface area contributed by atoms with E-state index < -0.39 is 37.9 Å². The van der Waals surface area contributed by atoms with Crippen LogP contribution in [0.4, 0.5) is 4.39 Å². The fourth-order valence-corrected chi connectivity index (χ4v) is 2.69. The number of benzene rings is 1. The minimum atomic E-state index is -4.71. The Morgan fingerprint density at radius 3 is 2.59 bits per heavy atom. The lowest BCUT2D eigenvalue weighted by molar-refractivity contribution is -0.0388. The van der Waals surface area contributed by atoms with Crippen LogP contribution in [-0.4, -0.2) is 34.3 Å². The molecule has 1 aliphatic heterocycles. The quantitative estimate of drug-likeness (QED) is 0.811. The van der Waals surface area contributed by atoms with E-state index >= 15 is 0 Å². The van der Waals surface area contributed by atoms with Crippen molar-refractivity contribution in [3.05, 3.63) is 47.8 Å². The van der Waals surface area contributed by atoms with Crippen molar-refractivity contribution in [3.63, 3.8) is 0 Å². The molecule has 0 bridgehead atoms. The predicted octanol–water partition coefficient (Wildman–Crippen LogP) is 2.95. The average Bonchev–Trinajstić information content (AvgIpc) is 2.76. The molecule has 0 spiro atoms. The molecule has 1 aliphatic rings. The number of halogens is 1. The van der Waals surface area contributed by atoms with Crippen LogP contribution in [0.3, 0.4) is 0 Å². The molecule has 0 amide bonds. The van der Waals surface area contributed by atoms with Crippen LogP contribution in [0.5, 0.6) is 0 Å². The summed E-state index contributed by atoms with van der Waals surface area (Å²) in [4.78, 5) is 18.1. The van der Waals surface area contributed by atoms with Crippen LogP contribution in [0, 0.1) is 0 Å². The van der Waals surface area contributed by atoms with Gasteiger partial charge in [0.2, 0.25) is 0 Å². The molecule has 4 atom stereocenters. The molecule has 22 heavy (non-hydrogen) atoms. The summed E-state index contributed by atoms with van der Waals surface area (Å²) in [7, 11) is -4.71. The maximum Gasteiger partial charge on any atom is 0.348 e. The van der Waals surface area contributed by atoms with E-state index in [1.54, 1.807) is 44.2 Å². The first-order chi connectivity index (χ1) is 10.7. The highest BCUT2D eigenvalue weighted by molar-refractivity contribution is 7.55. The highest BCUT2D eigenvalue weighted by Crippen LogP contribution is 2.41. The fourth-order valence-electron chi connectivity index (χ4n) is 2.35. The van der Waals surface area contributed by atoms with Gasteiger partial charge >= 0.3 is 7.60 Å². The smallest absolute Gasteiger partial charge is 0.348 e. The van der Waals surface area contributed by atoms with Gasteiger partial charge in [0, 0.05) is 5.79 Å². The van der Waals surface area contributed by atoms with Crippen LogP contribution in [-0.2, 0) is 14.0 Å². The first kappa shape index (κ1) is 15.8. The van der Waals surface area contributed by atoms with Gasteiger partial charge in [0.15, 0.2) is 6.17 Å². The Balaban J connectivity index is 2.30. The van der Waals surface area contributed by atoms with Gasteiger partial charge in [-0.2, -0.15) is 0 Å². The fraction of sp³-hybridized carbons (Fsp3) is 0.467. The van der Waals surface area contributed by atoms with E-state index in [9.17, 15) is 8.96 Å². The number of ether oxygens (including phenoxy) is 2. The van der Waals surface area contributed by atoms with E-state index in [0.717, 1.165) is 6.08 Å². The second-order valence-electron chi connectivity index (χ2n) is 5.37. The lowest BCUT2D eigenvalue weighted by atomic mass is 10.0. The summed E-state index contributed by atoms with van der Waals surface area (Å²) >= 11 is 0. The van der Waals surface area contributed by atoms with Crippen LogP contribution in [0.15, 0.2) is 42.2 Å². The molecule has 0 radical (unpaired) electrons. The summed E-state index contributed by atoms with van der Waals surface area (Å²) in [5.41, 5.74) is 0.607. The van der Waals surface area contributed by atoms with Gasteiger partial charge in [0.1, 0.15) is 18.3 Å². The van der Waals surface area contributed by atoms with Crippen molar-refractivity contribution < 1.29 is 29.6 Å². The predicted molar refractivity (Wildman–Crippen MR) is 80.1 cm³/mol. The van der Waals surface area contributed by atoms with Crippen LogP contribution < -0.4 is 0 Å². The number of rotatable bonds is 5. The van der Waals surface area contributed by atoms with E-state index in [0.29, 0.717) is 5.56 Å². The maximum atomic E-state index is 14.8. The van der Waals surface area contributed by atoms with Crippen LogP contribution >= 0.6 is 7.60 Å². The number of hydrogen-bond donors (Lipinski definition) is 2. The summed E-state index contributed by atoms with van der Waals surface area (Å²) in [6.07, 6.45) is -3.86. The highest BCUT2D eigenvalue weighted by atomic mass is 31.2. The summed E-state index contributed by atoms with van der Waals surface area (Å²) < 4.78 is 44.4. The molecule has 1 heterocycles. The molecular formula is C15H20FO5P. The summed E-state index contributed by atoms with van der Waals surface area (Å²) in [5.74, 6) is -0.902. The third kappa shape index (κ3) is 4.48. The van der Waals surface area contributed by atoms with E-state index in [4.69, 9.17) is 20.6 Å². The minimum Gasteiger partial charge on any atom is -0.369 e. The monoisotopic (exact) mass is 331 g/mol. The van der Waals surface area contributed by atoms with Crippen LogP contribution in [0.2, 0.25) is 0 Å². The van der Waals surface area contributed by atoms with Crippen LogP contribution in [0.1, 0.15) is 26.9 Å². The van der Waals surface area contributed by atoms with Gasteiger partial charge in [-0.3, -0.25) is 4.57 Å². The molecule has 0 aliphatic carbocycles. The Labute approximate surface area is 130 Å². The molecule has 2 N–H and O–H groups in total. The normalized spacial score (nSPS) is 30.6. The van der Waals surface area contributed by atoms with Gasteiger partial charge in [-0.05, 0) is 25.5 Å². The topological polar surface area (TPSA) is 76.0 Å². The Kier molecular flexibility index (Phi) is 5.06. The van der Waals surface area contributed by atoms with Crippen molar-refractivity contribution in [2.75, 3.05) is 0 Å². The molecule has 2 rings (SSSR count). The molecule has 0 unspecified atom stereocenters. The zero-order valence-corrected chi connectivity index (χ0v) is 13.2. The lowest BCUT2D eigenvalue weighted by Crippen LogP contribution is -2.32. The molecule has 1 aromatic rings. The molecule has 1 fully saturated rings. The minimum absolute atomic E-state index is 0.295. The molecule has 0 aromatic heterocycles. The summed E-state index contributed by atoms with van der Waals surface area (Å²) in [5, 5.41) is 0. The first-order valence-electron chi connectivity index (χ1n) is 7.44. The standard InChI is InChI=1S/C15H20FO5P/c1-10(2)20-15-12(8-9-22(17,18)19)21-14(13(15)16)11-6-4-3-5-7-11/h3-10,12-15H,1-2H3,(H2,17,18,19)/b9-8+/t12-,13+,14+,15-/m1/s1/i9D. The first-order valence-corrected chi connectivity index (χ1v) is 8.56. The van der Waals surface area contributed by atoms with Gasteiger partial charge in [0.25, 0.3) is 0 Å². The number of alkyl halides is 1. The second-order valence-corrected chi connectivity index (χ2v) is 6.71. The van der Waals surface area contributed by atoms with Gasteiger partial charge < -0.3 is 19.3 Å². The largest absolute Gasteiger partial charge is 0.369 e. The zero-order chi connectivity index (χ0) is 17.2. The molecule has 5 nitrogen and oxygen atoms in total. The van der Waals surface area contributed by atoms with Gasteiger partial charge in [0.05, 0.1) is 7.47 Å². The molecular weight excluding hydrogens is 310 g/mol. The maximum absolute atomic E-state index is 14.8. The average molecular weight is 331 g/mol. The van der Waals surface area contributed by atoms with Crippen molar-refractivity contribution in [2.45, 2.75) is 44.4 Å². The van der Waals surface area contributed by atoms with Crippen molar-refractivity contribution >= 4 is 7.60 Å². The molecule has 0 saturated carbocycles. The van der Waals surface area contributed by atoms with E-state index in [1.807, 2.05) is 0 Å². The lowest BCUT2D eigenvalue weighted by Gasteiger charge is -2.20. The summed E-state index contributed by atoms with van der Waals surface area (Å²) in [6, 6.07) is 8.71. The third-order valence-electron chi connectivity index (χ3n) is 3.20. The second kappa shape index (κ2) is 7.02.